The van der Waals surface area contributed by atoms with Crippen LogP contribution in [0.15, 0.2) is 48.8 Å². The molecule has 0 radical (unpaired) electrons. The summed E-state index contributed by atoms with van der Waals surface area (Å²) in [5.41, 5.74) is 0.784. The number of rotatable bonds is 5. The zero-order valence-electron chi connectivity index (χ0n) is 16.4. The normalized spacial score (nSPS) is 14.8. The highest BCUT2D eigenvalue weighted by molar-refractivity contribution is 6.04. The fourth-order valence-electron chi connectivity index (χ4n) is 3.24. The lowest BCUT2D eigenvalue weighted by atomic mass is 9.96. The Morgan fingerprint density at radius 1 is 1.15 bits per heavy atom. The number of nitrogens with one attached hydrogen (secondary N) is 1. The molecule has 0 fully saturated rings. The fourth-order valence-corrected chi connectivity index (χ4v) is 3.24. The van der Waals surface area contributed by atoms with E-state index in [0.717, 1.165) is 18.3 Å². The minimum absolute atomic E-state index is 0.0136. The van der Waals surface area contributed by atoms with E-state index in [4.69, 9.17) is 9.84 Å². The number of benzene rings is 1. The Bertz CT molecular complexity index is 1230. The molecule has 3 aromatic rings. The third-order valence-electron chi connectivity index (χ3n) is 4.73. The molecule has 1 atom stereocenters. The molecule has 2 N–H and O–H groups in total. The summed E-state index contributed by atoms with van der Waals surface area (Å²) < 4.78 is 60.5. The van der Waals surface area contributed by atoms with Gasteiger partial charge in [-0.3, -0.25) is 14.8 Å². The second-order valence-electron chi connectivity index (χ2n) is 6.87. The first kappa shape index (κ1) is 22.0. The zero-order chi connectivity index (χ0) is 23.8. The summed E-state index contributed by atoms with van der Waals surface area (Å²) in [7, 11) is 0. The van der Waals surface area contributed by atoms with Crippen LogP contribution < -0.4 is 14.8 Å². The van der Waals surface area contributed by atoms with Crippen LogP contribution in [-0.2, 0) is 0 Å². The molecule has 1 aromatic carbocycles. The van der Waals surface area contributed by atoms with Gasteiger partial charge in [0, 0.05) is 12.4 Å². The molecule has 8 nitrogen and oxygen atoms in total. The molecule has 12 heteroatoms. The van der Waals surface area contributed by atoms with E-state index in [1.807, 2.05) is 0 Å². The standard InChI is InChI=1S/C21H13F4N3O5/c22-13-7-10(2-4-16(13)33-21(23,24)25)12-9-32-18-14(5-6-26-17(12)18)28-19(29)15-3-1-11(8-27-15)20(30)31/h1-8,12H,9H2,(H,30,31)(H,26,28,29)/t12-/m1/s1. The third-order valence-corrected chi connectivity index (χ3v) is 4.73. The van der Waals surface area contributed by atoms with Crippen molar-refractivity contribution in [1.29, 1.82) is 0 Å². The van der Waals surface area contributed by atoms with Crippen LogP contribution in [-0.4, -0.2) is 39.9 Å². The Morgan fingerprint density at radius 2 is 1.94 bits per heavy atom. The summed E-state index contributed by atoms with van der Waals surface area (Å²) >= 11 is 0. The Labute approximate surface area is 182 Å². The maximum absolute atomic E-state index is 14.1. The first-order valence-corrected chi connectivity index (χ1v) is 9.30. The second kappa shape index (κ2) is 8.37. The largest absolute Gasteiger partial charge is 0.573 e. The zero-order valence-corrected chi connectivity index (χ0v) is 16.4. The molecule has 0 saturated carbocycles. The number of anilines is 1. The van der Waals surface area contributed by atoms with Crippen LogP contribution in [0.4, 0.5) is 23.2 Å². The summed E-state index contributed by atoms with van der Waals surface area (Å²) in [6.07, 6.45) is -2.60. The lowest BCUT2D eigenvalue weighted by molar-refractivity contribution is -0.275. The van der Waals surface area contributed by atoms with Crippen LogP contribution in [0.25, 0.3) is 0 Å². The van der Waals surface area contributed by atoms with Crippen molar-refractivity contribution in [2.24, 2.45) is 0 Å². The number of nitrogens with zero attached hydrogens (tertiary/aromatic N) is 2. The summed E-state index contributed by atoms with van der Waals surface area (Å²) in [6, 6.07) is 6.99. The van der Waals surface area contributed by atoms with Crippen molar-refractivity contribution in [3.05, 3.63) is 77.1 Å². The molecule has 33 heavy (non-hydrogen) atoms. The molecule has 1 aliphatic rings. The molecule has 170 valence electrons. The summed E-state index contributed by atoms with van der Waals surface area (Å²) in [6.45, 7) is 0.0136. The molecule has 2 aromatic heterocycles. The van der Waals surface area contributed by atoms with Crippen molar-refractivity contribution >= 4 is 17.6 Å². The molecule has 4 rings (SSSR count). The Morgan fingerprint density at radius 3 is 2.58 bits per heavy atom. The Balaban J connectivity index is 1.56. The average molecular weight is 463 g/mol. The average Bonchev–Trinajstić information content (AvgIpc) is 3.19. The van der Waals surface area contributed by atoms with E-state index in [1.54, 1.807) is 0 Å². The number of carboxylic acids is 1. The van der Waals surface area contributed by atoms with Crippen molar-refractivity contribution in [2.75, 3.05) is 11.9 Å². The first-order chi connectivity index (χ1) is 15.6. The molecular weight excluding hydrogens is 450 g/mol. The number of ether oxygens (including phenoxy) is 2. The van der Waals surface area contributed by atoms with Crippen molar-refractivity contribution in [3.8, 4) is 11.5 Å². The van der Waals surface area contributed by atoms with Gasteiger partial charge >= 0.3 is 12.3 Å². The predicted molar refractivity (Wildman–Crippen MR) is 104 cm³/mol. The van der Waals surface area contributed by atoms with E-state index in [-0.39, 0.29) is 29.3 Å². The van der Waals surface area contributed by atoms with E-state index >= 15 is 0 Å². The van der Waals surface area contributed by atoms with Crippen molar-refractivity contribution in [2.45, 2.75) is 12.3 Å². The van der Waals surface area contributed by atoms with Gasteiger partial charge in [0.25, 0.3) is 5.91 Å². The molecule has 1 aliphatic heterocycles. The molecule has 0 aliphatic carbocycles. The number of aromatic nitrogens is 2. The van der Waals surface area contributed by atoms with E-state index in [1.165, 1.54) is 30.5 Å². The number of hydrogen-bond acceptors (Lipinski definition) is 6. The fraction of sp³-hybridized carbons (Fsp3) is 0.143. The predicted octanol–water partition coefficient (Wildman–Crippen LogP) is 3.99. The van der Waals surface area contributed by atoms with Crippen LogP contribution >= 0.6 is 0 Å². The van der Waals surface area contributed by atoms with Gasteiger partial charge in [0.1, 0.15) is 12.3 Å². The van der Waals surface area contributed by atoms with Gasteiger partial charge in [-0.25, -0.2) is 9.18 Å². The lowest BCUT2D eigenvalue weighted by Gasteiger charge is -2.13. The molecule has 0 unspecified atom stereocenters. The summed E-state index contributed by atoms with van der Waals surface area (Å²) in [4.78, 5) is 31.4. The van der Waals surface area contributed by atoms with Gasteiger partial charge in [-0.15, -0.1) is 13.2 Å². The number of amides is 1. The van der Waals surface area contributed by atoms with Gasteiger partial charge in [0.05, 0.1) is 22.9 Å². The summed E-state index contributed by atoms with van der Waals surface area (Å²) in [5.74, 6) is -4.35. The highest BCUT2D eigenvalue weighted by Gasteiger charge is 2.34. The van der Waals surface area contributed by atoms with Crippen molar-refractivity contribution in [1.82, 2.24) is 9.97 Å². The molecule has 0 saturated heterocycles. The van der Waals surface area contributed by atoms with Crippen LogP contribution in [0.5, 0.6) is 11.5 Å². The second-order valence-corrected chi connectivity index (χ2v) is 6.87. The number of carbonyl (C=O) groups is 2. The van der Waals surface area contributed by atoms with Gasteiger partial charge < -0.3 is 19.9 Å². The minimum Gasteiger partial charge on any atom is -0.488 e. The van der Waals surface area contributed by atoms with Crippen LogP contribution in [0.1, 0.15) is 38.0 Å². The van der Waals surface area contributed by atoms with Gasteiger partial charge in [-0.1, -0.05) is 6.07 Å². The quantitative estimate of drug-likeness (QED) is 0.551. The number of aromatic carboxylic acids is 1. The van der Waals surface area contributed by atoms with E-state index in [9.17, 15) is 27.2 Å². The van der Waals surface area contributed by atoms with Gasteiger partial charge in [0.2, 0.25) is 0 Å². The Hall–Kier alpha value is -4.22. The smallest absolute Gasteiger partial charge is 0.488 e. The molecule has 0 spiro atoms. The van der Waals surface area contributed by atoms with Gasteiger partial charge in [-0.05, 0) is 35.9 Å². The number of hydrogen-bond donors (Lipinski definition) is 2. The number of alkyl halides is 3. The minimum atomic E-state index is -5.02. The number of carbonyl (C=O) groups excluding carboxylic acids is 1. The topological polar surface area (TPSA) is 111 Å². The van der Waals surface area contributed by atoms with E-state index in [0.29, 0.717) is 11.3 Å². The number of fused-ring (bicyclic) bond motifs is 1. The SMILES string of the molecule is O=C(O)c1ccc(C(=O)Nc2ccnc3c2OC[C@@H]3c2ccc(OC(F)(F)F)c(F)c2)nc1. The third kappa shape index (κ3) is 4.68. The lowest BCUT2D eigenvalue weighted by Crippen LogP contribution is -2.18. The molecule has 0 bridgehead atoms. The highest BCUT2D eigenvalue weighted by Crippen LogP contribution is 2.42. The van der Waals surface area contributed by atoms with Crippen LogP contribution in [0.2, 0.25) is 0 Å². The highest BCUT2D eigenvalue weighted by atomic mass is 19.4. The van der Waals surface area contributed by atoms with Crippen LogP contribution in [0.3, 0.4) is 0 Å². The first-order valence-electron chi connectivity index (χ1n) is 9.30. The monoisotopic (exact) mass is 463 g/mol. The number of halogens is 4. The Kier molecular flexibility index (Phi) is 5.58. The van der Waals surface area contributed by atoms with Crippen LogP contribution in [0, 0.1) is 5.82 Å². The molecular formula is C21H13F4N3O5. The maximum Gasteiger partial charge on any atom is 0.573 e. The van der Waals surface area contributed by atoms with Crippen molar-refractivity contribution < 1.29 is 41.7 Å². The van der Waals surface area contributed by atoms with Crippen molar-refractivity contribution in [3.63, 3.8) is 0 Å². The van der Waals surface area contributed by atoms with Gasteiger partial charge in [0.15, 0.2) is 17.3 Å². The summed E-state index contributed by atoms with van der Waals surface area (Å²) in [5, 5.41) is 11.5. The number of pyridine rings is 2. The maximum atomic E-state index is 14.1. The van der Waals surface area contributed by atoms with Gasteiger partial charge in [-0.2, -0.15) is 0 Å². The molecule has 3 heterocycles. The molecule has 1 amide bonds. The van der Waals surface area contributed by atoms with E-state index in [2.05, 4.69) is 20.0 Å². The van der Waals surface area contributed by atoms with E-state index < -0.39 is 35.7 Å². The number of carboxylic acid groups (broad SMARTS) is 1.